The van der Waals surface area contributed by atoms with E-state index in [-0.39, 0.29) is 23.3 Å². The van der Waals surface area contributed by atoms with Crippen LogP contribution in [0.2, 0.25) is 0 Å². The number of aldehydes is 1. The lowest BCUT2D eigenvalue weighted by atomic mass is 10.2. The molecular weight excluding hydrogens is 472 g/mol. The first-order chi connectivity index (χ1) is 18.1. The molecule has 2 aromatic heterocycles. The Bertz CT molecular complexity index is 1550. The number of methoxy groups -OCH3 is 1. The zero-order valence-corrected chi connectivity index (χ0v) is 20.3. The molecule has 0 aliphatic carbocycles. The third-order valence-corrected chi connectivity index (χ3v) is 5.36. The number of aromatic nitrogens is 4. The maximum absolute atomic E-state index is 13.5. The van der Waals surface area contributed by atoms with Gasteiger partial charge in [-0.25, -0.2) is 14.5 Å². The summed E-state index contributed by atoms with van der Waals surface area (Å²) >= 11 is 0. The molecule has 186 valence electrons. The third-order valence-electron chi connectivity index (χ3n) is 5.36. The molecule has 9 nitrogen and oxygen atoms in total. The summed E-state index contributed by atoms with van der Waals surface area (Å²) in [5, 5.41) is 4.33. The first-order valence-electron chi connectivity index (χ1n) is 11.5. The van der Waals surface area contributed by atoms with Gasteiger partial charge >= 0.3 is 5.97 Å². The number of hydrogen-bond acceptors (Lipinski definition) is 7. The van der Waals surface area contributed by atoms with Gasteiger partial charge in [-0.05, 0) is 43.3 Å². The highest BCUT2D eigenvalue weighted by molar-refractivity contribution is 6.00. The van der Waals surface area contributed by atoms with E-state index in [0.29, 0.717) is 29.0 Å². The van der Waals surface area contributed by atoms with Crippen molar-refractivity contribution in [2.75, 3.05) is 13.7 Å². The van der Waals surface area contributed by atoms with Crippen molar-refractivity contribution in [2.45, 2.75) is 6.92 Å². The van der Waals surface area contributed by atoms with Crippen molar-refractivity contribution in [3.63, 3.8) is 0 Å². The van der Waals surface area contributed by atoms with E-state index >= 15 is 0 Å². The van der Waals surface area contributed by atoms with Crippen LogP contribution < -0.4 is 10.3 Å². The van der Waals surface area contributed by atoms with E-state index in [1.807, 2.05) is 36.4 Å². The lowest BCUT2D eigenvalue weighted by molar-refractivity contribution is 0.0521. The predicted molar refractivity (Wildman–Crippen MR) is 139 cm³/mol. The van der Waals surface area contributed by atoms with Crippen molar-refractivity contribution >= 4 is 23.3 Å². The summed E-state index contributed by atoms with van der Waals surface area (Å²) in [6, 6.07) is 25.5. The molecule has 0 amide bonds. The Hall–Kier alpha value is -5.05. The van der Waals surface area contributed by atoms with Gasteiger partial charge in [0.1, 0.15) is 17.6 Å². The van der Waals surface area contributed by atoms with Crippen LogP contribution >= 0.6 is 0 Å². The number of carbonyl (C=O) groups is 2. The number of fused-ring (bicyclic) bond motifs is 1. The highest BCUT2D eigenvalue weighted by Crippen LogP contribution is 2.22. The van der Waals surface area contributed by atoms with Crippen LogP contribution in [0, 0.1) is 0 Å². The molecule has 0 bridgehead atoms. The van der Waals surface area contributed by atoms with Crippen LogP contribution in [0.1, 0.15) is 27.8 Å². The fraction of sp³-hybridized carbons (Fsp3) is 0.107. The number of benzene rings is 3. The lowest BCUT2D eigenvalue weighted by Gasteiger charge is -2.09. The Morgan fingerprint density at radius 3 is 2.19 bits per heavy atom. The molecule has 3 aromatic carbocycles. The van der Waals surface area contributed by atoms with Gasteiger partial charge in [0, 0.05) is 5.56 Å². The van der Waals surface area contributed by atoms with Crippen LogP contribution in [-0.2, 0) is 4.74 Å². The second-order valence-electron chi connectivity index (χ2n) is 7.63. The standard InChI is InChI=1S/C22H18N4O5.C6H6/c1-3-31-22(29)19-18-20(26(24-19)15-8-10-16(30-2)11-9-15)21(28)25(13-23-18)17-7-5-4-6-14(17)12-27;1-2-4-6-5-3-1/h4-13H,3H2,1-2H3;1-6H. The van der Waals surface area contributed by atoms with E-state index < -0.39 is 11.5 Å². The van der Waals surface area contributed by atoms with Gasteiger partial charge in [0.15, 0.2) is 17.5 Å². The molecule has 2 heterocycles. The van der Waals surface area contributed by atoms with E-state index in [0.717, 1.165) is 0 Å². The first kappa shape index (κ1) is 25.1. The van der Waals surface area contributed by atoms with Gasteiger partial charge < -0.3 is 9.47 Å². The molecule has 0 saturated carbocycles. The van der Waals surface area contributed by atoms with Crippen molar-refractivity contribution in [2.24, 2.45) is 0 Å². The first-order valence-corrected chi connectivity index (χ1v) is 11.5. The molecule has 0 aliphatic heterocycles. The molecule has 0 saturated heterocycles. The maximum Gasteiger partial charge on any atom is 0.361 e. The molecule has 5 aromatic rings. The highest BCUT2D eigenvalue weighted by atomic mass is 16.5. The van der Waals surface area contributed by atoms with Gasteiger partial charge in [-0.3, -0.25) is 14.2 Å². The normalized spacial score (nSPS) is 10.3. The van der Waals surface area contributed by atoms with Crippen molar-refractivity contribution in [3.8, 4) is 17.1 Å². The largest absolute Gasteiger partial charge is 0.497 e. The van der Waals surface area contributed by atoms with Crippen molar-refractivity contribution in [1.29, 1.82) is 0 Å². The van der Waals surface area contributed by atoms with E-state index in [4.69, 9.17) is 9.47 Å². The Morgan fingerprint density at radius 1 is 0.946 bits per heavy atom. The van der Waals surface area contributed by atoms with Crippen molar-refractivity contribution in [1.82, 2.24) is 19.3 Å². The number of esters is 1. The lowest BCUT2D eigenvalue weighted by Crippen LogP contribution is -2.22. The van der Waals surface area contributed by atoms with E-state index in [1.165, 1.54) is 15.6 Å². The fourth-order valence-corrected chi connectivity index (χ4v) is 3.62. The number of para-hydroxylation sites is 1. The van der Waals surface area contributed by atoms with Gasteiger partial charge in [-0.2, -0.15) is 5.10 Å². The van der Waals surface area contributed by atoms with Gasteiger partial charge in [0.25, 0.3) is 5.56 Å². The van der Waals surface area contributed by atoms with Crippen LogP contribution in [0.5, 0.6) is 5.75 Å². The average Bonchev–Trinajstić information content (AvgIpc) is 3.35. The minimum atomic E-state index is -0.683. The minimum absolute atomic E-state index is 0.0689. The van der Waals surface area contributed by atoms with E-state index in [2.05, 4.69) is 10.1 Å². The van der Waals surface area contributed by atoms with Crippen LogP contribution in [0.4, 0.5) is 0 Å². The topological polar surface area (TPSA) is 105 Å². The summed E-state index contributed by atoms with van der Waals surface area (Å²) in [4.78, 5) is 41.7. The monoisotopic (exact) mass is 496 g/mol. The quantitative estimate of drug-likeness (QED) is 0.256. The molecule has 9 heteroatoms. The molecule has 0 aliphatic rings. The number of rotatable bonds is 6. The second kappa shape index (κ2) is 11.6. The summed E-state index contributed by atoms with van der Waals surface area (Å²) in [7, 11) is 1.55. The molecule has 0 fully saturated rings. The number of carbonyl (C=O) groups excluding carboxylic acids is 2. The third kappa shape index (κ3) is 5.30. The molecule has 0 spiro atoms. The summed E-state index contributed by atoms with van der Waals surface area (Å²) in [5.41, 5.74) is 0.861. The summed E-state index contributed by atoms with van der Waals surface area (Å²) in [5.74, 6) is -0.0565. The summed E-state index contributed by atoms with van der Waals surface area (Å²) in [6.45, 7) is 1.83. The minimum Gasteiger partial charge on any atom is -0.497 e. The predicted octanol–water partition coefficient (Wildman–Crippen LogP) is 4.26. The molecule has 0 atom stereocenters. The van der Waals surface area contributed by atoms with Gasteiger partial charge in [-0.15, -0.1) is 0 Å². The summed E-state index contributed by atoms with van der Waals surface area (Å²) in [6.07, 6.45) is 1.94. The number of ether oxygens (including phenoxy) is 2. The maximum atomic E-state index is 13.5. The van der Waals surface area contributed by atoms with Crippen molar-refractivity contribution in [3.05, 3.63) is 113 Å². The molecule has 0 unspecified atom stereocenters. The Balaban J connectivity index is 0.000000469. The van der Waals surface area contributed by atoms with Gasteiger partial charge in [0.2, 0.25) is 0 Å². The SMILES string of the molecule is CCOC(=O)c1nn(-c2ccc(OC)cc2)c2c(=O)n(-c3ccccc3C=O)cnc12.c1ccccc1. The fourth-order valence-electron chi connectivity index (χ4n) is 3.62. The van der Waals surface area contributed by atoms with Gasteiger partial charge in [-0.1, -0.05) is 48.5 Å². The van der Waals surface area contributed by atoms with E-state index in [9.17, 15) is 14.4 Å². The van der Waals surface area contributed by atoms with Crippen LogP contribution in [-0.4, -0.2) is 45.3 Å². The number of hydrogen-bond donors (Lipinski definition) is 0. The smallest absolute Gasteiger partial charge is 0.361 e. The highest BCUT2D eigenvalue weighted by Gasteiger charge is 2.24. The van der Waals surface area contributed by atoms with Crippen LogP contribution in [0.3, 0.4) is 0 Å². The molecule has 0 radical (unpaired) electrons. The Kier molecular flexibility index (Phi) is 7.85. The molecular formula is C28H24N4O5. The van der Waals surface area contributed by atoms with Crippen LogP contribution in [0.15, 0.2) is 96.1 Å². The van der Waals surface area contributed by atoms with E-state index in [1.54, 1.807) is 62.6 Å². The zero-order valence-electron chi connectivity index (χ0n) is 20.3. The average molecular weight is 497 g/mol. The van der Waals surface area contributed by atoms with Crippen LogP contribution in [0.25, 0.3) is 22.4 Å². The van der Waals surface area contributed by atoms with Gasteiger partial charge in [0.05, 0.1) is 25.1 Å². The molecule has 5 rings (SSSR count). The second-order valence-corrected chi connectivity index (χ2v) is 7.63. The molecule has 0 N–H and O–H groups in total. The Morgan fingerprint density at radius 2 is 1.59 bits per heavy atom. The summed E-state index contributed by atoms with van der Waals surface area (Å²) < 4.78 is 12.9. The Labute approximate surface area is 212 Å². The number of nitrogens with zero attached hydrogens (tertiary/aromatic N) is 4. The van der Waals surface area contributed by atoms with Crippen molar-refractivity contribution < 1.29 is 19.1 Å². The zero-order chi connectivity index (χ0) is 26.2. The molecule has 37 heavy (non-hydrogen) atoms.